The van der Waals surface area contributed by atoms with Crippen LogP contribution >= 0.6 is 0 Å². The van der Waals surface area contributed by atoms with E-state index in [9.17, 15) is 30.0 Å². The van der Waals surface area contributed by atoms with Crippen molar-refractivity contribution in [2.75, 3.05) is 66.0 Å². The summed E-state index contributed by atoms with van der Waals surface area (Å²) < 4.78 is 33.3. The van der Waals surface area contributed by atoms with Crippen LogP contribution in [0.15, 0.2) is 66.3 Å². The number of nitrogens with zero attached hydrogens (tertiary/aromatic N) is 1. The Kier molecular flexibility index (Phi) is 15.1. The maximum absolute atomic E-state index is 14.4. The molecule has 4 aromatic carbocycles. The van der Waals surface area contributed by atoms with Crippen LogP contribution < -0.4 is 45.0 Å². The lowest BCUT2D eigenvalue weighted by Crippen LogP contribution is -2.64. The Morgan fingerprint density at radius 1 is 0.843 bits per heavy atom. The minimum Gasteiger partial charge on any atom is -0.502 e. The monoisotopic (exact) mass is 1130 g/mol. The highest BCUT2D eigenvalue weighted by Crippen LogP contribution is 2.62. The fourth-order valence-corrected chi connectivity index (χ4v) is 17.4. The molecule has 83 heavy (non-hydrogen) atoms. The minimum atomic E-state index is -1.08. The number of fused-ring (bicyclic) bond motifs is 6. The molecule has 4 fully saturated rings. The van der Waals surface area contributed by atoms with Crippen LogP contribution in [0.1, 0.15) is 154 Å². The zero-order chi connectivity index (χ0) is 57.4. The van der Waals surface area contributed by atoms with E-state index in [2.05, 4.69) is 58.5 Å². The fraction of sp³-hybridized carbons (Fsp3) is 0.552. The lowest BCUT2D eigenvalue weighted by atomic mass is 9.47. The zero-order valence-corrected chi connectivity index (χ0v) is 48.6. The number of methoxy groups -OCH3 is 1. The van der Waals surface area contributed by atoms with Crippen LogP contribution in [0.2, 0.25) is 0 Å². The molecule has 0 aromatic heterocycles. The number of aliphatic hydroxyl groups excluding tert-OH is 3. The van der Waals surface area contributed by atoms with E-state index in [1.54, 1.807) is 24.1 Å². The number of ether oxygens (including phenoxy) is 5. The molecule has 3 saturated carbocycles. The van der Waals surface area contributed by atoms with Crippen molar-refractivity contribution >= 4 is 23.6 Å². The van der Waals surface area contributed by atoms with Gasteiger partial charge in [0, 0.05) is 100 Å². The van der Waals surface area contributed by atoms with Crippen LogP contribution in [0.5, 0.6) is 34.5 Å². The number of aliphatic hydroxyl groups is 3. The first-order valence-electron chi connectivity index (χ1n) is 30.9. The van der Waals surface area contributed by atoms with E-state index >= 15 is 0 Å². The third kappa shape index (κ3) is 9.13. The summed E-state index contributed by atoms with van der Waals surface area (Å²) in [6.45, 7) is 3.54. The predicted molar refractivity (Wildman–Crippen MR) is 316 cm³/mol. The molecule has 0 bridgehead atoms. The molecule has 10 atom stereocenters. The van der Waals surface area contributed by atoms with Gasteiger partial charge >= 0.3 is 0 Å². The number of carbonyl (C=O) groups excluding carboxylic acids is 2. The van der Waals surface area contributed by atoms with Crippen molar-refractivity contribution in [1.29, 1.82) is 0 Å². The molecule has 16 nitrogen and oxygen atoms in total. The van der Waals surface area contributed by atoms with Gasteiger partial charge in [-0.1, -0.05) is 68.5 Å². The lowest BCUT2D eigenvalue weighted by Gasteiger charge is -2.60. The normalized spacial score (nSPS) is 29.4. The molecule has 0 radical (unpaired) electrons. The van der Waals surface area contributed by atoms with Gasteiger partial charge in [-0.15, -0.1) is 0 Å². The number of aromatic hydroxyl groups is 1. The Morgan fingerprint density at radius 2 is 1.65 bits per heavy atom. The van der Waals surface area contributed by atoms with E-state index in [-0.39, 0.29) is 66.8 Å². The molecule has 0 unspecified atom stereocenters. The Balaban J connectivity index is 0.840. The van der Waals surface area contributed by atoms with E-state index in [1.807, 2.05) is 25.2 Å². The number of piperidine rings is 1. The Labute approximate surface area is 487 Å². The van der Waals surface area contributed by atoms with E-state index in [0.717, 1.165) is 129 Å². The zero-order valence-electron chi connectivity index (χ0n) is 48.6. The molecular weight excluding hydrogens is 1050 g/mol. The molecule has 442 valence electrons. The van der Waals surface area contributed by atoms with Crippen molar-refractivity contribution in [3.05, 3.63) is 105 Å². The average molecular weight is 1130 g/mol. The van der Waals surface area contributed by atoms with Crippen molar-refractivity contribution < 1.29 is 53.7 Å². The van der Waals surface area contributed by atoms with Crippen LogP contribution in [0.25, 0.3) is 17.2 Å². The summed E-state index contributed by atoms with van der Waals surface area (Å²) in [5.41, 5.74) is 7.10. The molecule has 8 N–H and O–H groups in total. The Hall–Kier alpha value is -6.14. The van der Waals surface area contributed by atoms with Gasteiger partial charge in [-0.3, -0.25) is 19.8 Å². The highest BCUT2D eigenvalue weighted by atomic mass is 16.5. The van der Waals surface area contributed by atoms with Gasteiger partial charge in [0.25, 0.3) is 11.8 Å². The van der Waals surface area contributed by atoms with Crippen LogP contribution in [0.3, 0.4) is 0 Å². The third-order valence-corrected chi connectivity index (χ3v) is 21.1. The molecule has 4 aliphatic heterocycles. The number of imide groups is 1. The number of carbonyl (C=O) groups is 2. The minimum absolute atomic E-state index is 0.0250. The van der Waals surface area contributed by atoms with E-state index in [1.165, 1.54) is 13.2 Å². The number of benzene rings is 4. The van der Waals surface area contributed by atoms with Gasteiger partial charge in [0.2, 0.25) is 5.75 Å². The first-order chi connectivity index (χ1) is 40.4. The van der Waals surface area contributed by atoms with Gasteiger partial charge in [0.1, 0.15) is 23.9 Å². The summed E-state index contributed by atoms with van der Waals surface area (Å²) in [6, 6.07) is 16.1. The van der Waals surface area contributed by atoms with E-state index < -0.39 is 40.8 Å². The Morgan fingerprint density at radius 3 is 2.46 bits per heavy atom. The van der Waals surface area contributed by atoms with Gasteiger partial charge in [-0.05, 0) is 131 Å². The smallest absolute Gasteiger partial charge is 0.258 e. The SMILES string of the molecule is CNCCOc1cc(O[C@]23CCCC[C@H]2CC[C@@H](C)N3)c2c3c1CCc1c-3c(cc3c1[C@@H](O)[C@H](c1cc(OC)c(O)c(OC[C@H](CO)[C@]45CCC[C@H](C6(N7C(=O)C=C(CNC)C7=O)CCCCC6)[C@H]4C=Cc4ccccc45)c1)CO3)N[C@@H]2O. The largest absolute Gasteiger partial charge is 0.502 e. The van der Waals surface area contributed by atoms with Crippen molar-refractivity contribution in [2.45, 2.75) is 151 Å². The molecule has 9 aliphatic rings. The quantitative estimate of drug-likeness (QED) is 0.0366. The standard InChI is InChI=1S/C67H83N5O11/c1-38-17-19-42-14-8-11-26-67(42,71-38)83-53-33-51(80-28-27-68-2)44-20-21-45-57-50(70-63(77)60(53)59(44)57)32-52-58(45)61(75)46(37-82-52)40-29-54(79-4)62(76)55(30-40)81-36-43(35-73)66-25-12-16-48(49(66)22-18-39-13-6-7-15-47(39)66)65(23-9-5-10-24-65)72-56(74)31-41(34-69-3)64(72)78/h6-7,13,15,18,22,29-33,38,42-43,46,48-49,61,63,68-71,73,75-77H,5,8-12,14,16-17,19-21,23-28,34-37H2,1-4H3/t38-,42+,43+,46+,48+,49-,61+,63-,66+,67-/m1/s1. The van der Waals surface area contributed by atoms with Gasteiger partial charge in [0.15, 0.2) is 23.5 Å². The molecule has 13 rings (SSSR count). The summed E-state index contributed by atoms with van der Waals surface area (Å²) in [4.78, 5) is 30.2. The highest BCUT2D eigenvalue weighted by Gasteiger charge is 2.61. The van der Waals surface area contributed by atoms with Gasteiger partial charge in [-0.25, -0.2) is 0 Å². The highest BCUT2D eigenvalue weighted by molar-refractivity contribution is 6.17. The van der Waals surface area contributed by atoms with Crippen molar-refractivity contribution in [3.8, 4) is 45.6 Å². The molecule has 4 heterocycles. The molecule has 5 aliphatic carbocycles. The van der Waals surface area contributed by atoms with Crippen molar-refractivity contribution in [2.24, 2.45) is 23.7 Å². The van der Waals surface area contributed by atoms with E-state index in [0.29, 0.717) is 77.9 Å². The Bertz CT molecular complexity index is 3250. The second kappa shape index (κ2) is 22.4. The number of phenols is 1. The van der Waals surface area contributed by atoms with Gasteiger partial charge in [0.05, 0.1) is 44.1 Å². The second-order valence-electron chi connectivity index (χ2n) is 25.4. The average Bonchev–Trinajstić information content (AvgIpc) is 1.41. The summed E-state index contributed by atoms with van der Waals surface area (Å²) in [6.07, 6.45) is 18.0. The van der Waals surface area contributed by atoms with Crippen LogP contribution in [-0.2, 0) is 27.8 Å². The number of phenolic OH excluding ortho intramolecular Hbond substituents is 1. The van der Waals surface area contributed by atoms with Crippen LogP contribution in [-0.4, -0.2) is 115 Å². The predicted octanol–water partition coefficient (Wildman–Crippen LogP) is 9.01. The molecule has 4 aromatic rings. The topological polar surface area (TPSA) is 213 Å². The summed E-state index contributed by atoms with van der Waals surface area (Å²) in [7, 11) is 5.19. The number of rotatable bonds is 17. The van der Waals surface area contributed by atoms with Crippen LogP contribution in [0.4, 0.5) is 5.69 Å². The summed E-state index contributed by atoms with van der Waals surface area (Å²) >= 11 is 0. The number of hydrogen-bond donors (Lipinski definition) is 8. The maximum atomic E-state index is 14.4. The maximum Gasteiger partial charge on any atom is 0.258 e. The van der Waals surface area contributed by atoms with Gasteiger partial charge in [-0.2, -0.15) is 0 Å². The number of hydrogen-bond acceptors (Lipinski definition) is 15. The number of likely N-dealkylation sites (N-methyl/N-ethyl adjacent to an activating group) is 2. The molecule has 1 saturated heterocycles. The first kappa shape index (κ1) is 56.0. The fourth-order valence-electron chi connectivity index (χ4n) is 17.4. The van der Waals surface area contributed by atoms with E-state index in [4.69, 9.17) is 23.7 Å². The lowest BCUT2D eigenvalue weighted by molar-refractivity contribution is -0.153. The molecule has 0 spiro atoms. The number of nitrogens with one attached hydrogen (secondary N) is 4. The number of allylic oxidation sites excluding steroid dienone is 1. The molecule has 2 amide bonds. The third-order valence-electron chi connectivity index (χ3n) is 21.1. The molecular formula is C67H83N5O11. The molecule has 16 heteroatoms. The number of amides is 2. The van der Waals surface area contributed by atoms with Crippen molar-refractivity contribution in [3.63, 3.8) is 0 Å². The summed E-state index contributed by atoms with van der Waals surface area (Å²) in [5, 5.41) is 62.6. The van der Waals surface area contributed by atoms with Crippen molar-refractivity contribution in [1.82, 2.24) is 20.9 Å². The van der Waals surface area contributed by atoms with Crippen LogP contribution in [0, 0.1) is 23.7 Å². The first-order valence-corrected chi connectivity index (χ1v) is 30.9. The second-order valence-corrected chi connectivity index (χ2v) is 25.4. The summed E-state index contributed by atoms with van der Waals surface area (Å²) in [5.74, 6) is 0.518. The number of anilines is 1. The van der Waals surface area contributed by atoms with Gasteiger partial charge < -0.3 is 60.1 Å².